The largest absolute Gasteiger partial charge is 0.477 e. The SMILES string of the molecule is CC1=C(c2ccccc2)C(=O)N(C(C)(C)C2=CC=CC(Cl)(Cl)C2)CO1. The van der Waals surface area contributed by atoms with Crippen LogP contribution in [-0.4, -0.2) is 27.4 Å². The van der Waals surface area contributed by atoms with Gasteiger partial charge in [0, 0.05) is 6.42 Å². The number of carbonyl (C=O) groups is 1. The molecule has 1 amide bonds. The number of rotatable bonds is 3. The Bertz CT molecular complexity index is 776. The van der Waals surface area contributed by atoms with Gasteiger partial charge >= 0.3 is 0 Å². The Morgan fingerprint density at radius 1 is 1.20 bits per heavy atom. The number of ether oxygens (including phenoxy) is 1. The first-order valence-corrected chi connectivity index (χ1v) is 8.96. The second-order valence-corrected chi connectivity index (χ2v) is 8.39. The van der Waals surface area contributed by atoms with Crippen LogP contribution in [0.1, 0.15) is 32.8 Å². The Hall–Kier alpha value is -1.71. The minimum absolute atomic E-state index is 0.0508. The predicted molar refractivity (Wildman–Crippen MR) is 102 cm³/mol. The second kappa shape index (κ2) is 6.54. The van der Waals surface area contributed by atoms with E-state index in [0.717, 1.165) is 11.1 Å². The quantitative estimate of drug-likeness (QED) is 0.687. The first-order valence-electron chi connectivity index (χ1n) is 8.20. The van der Waals surface area contributed by atoms with Crippen molar-refractivity contribution >= 4 is 34.7 Å². The molecule has 0 fully saturated rings. The number of alkyl halides is 2. The van der Waals surface area contributed by atoms with E-state index >= 15 is 0 Å². The summed E-state index contributed by atoms with van der Waals surface area (Å²) in [5, 5.41) is 0. The molecule has 1 aliphatic heterocycles. The maximum absolute atomic E-state index is 13.3. The van der Waals surface area contributed by atoms with Gasteiger partial charge in [-0.2, -0.15) is 0 Å². The lowest BCUT2D eigenvalue weighted by molar-refractivity contribution is -0.137. The molecule has 1 aliphatic carbocycles. The van der Waals surface area contributed by atoms with Crippen molar-refractivity contribution < 1.29 is 9.53 Å². The van der Waals surface area contributed by atoms with E-state index in [1.807, 2.05) is 63.3 Å². The van der Waals surface area contributed by atoms with Gasteiger partial charge in [0.2, 0.25) is 0 Å². The van der Waals surface area contributed by atoms with Crippen molar-refractivity contribution in [1.29, 1.82) is 0 Å². The molecule has 1 aromatic rings. The Kier molecular flexibility index (Phi) is 4.74. The molecule has 0 unspecified atom stereocenters. The average molecular weight is 378 g/mol. The minimum Gasteiger partial charge on any atom is -0.477 e. The predicted octanol–water partition coefficient (Wildman–Crippen LogP) is 5.07. The van der Waals surface area contributed by atoms with Crippen LogP contribution < -0.4 is 0 Å². The monoisotopic (exact) mass is 377 g/mol. The fraction of sp³-hybridized carbons (Fsp3) is 0.350. The van der Waals surface area contributed by atoms with Crippen LogP contribution >= 0.6 is 23.2 Å². The minimum atomic E-state index is -0.949. The molecular weight excluding hydrogens is 357 g/mol. The Balaban J connectivity index is 1.95. The number of carbonyl (C=O) groups excluding carboxylic acids is 1. The first-order chi connectivity index (χ1) is 11.7. The normalized spacial score (nSPS) is 20.4. The van der Waals surface area contributed by atoms with E-state index in [0.29, 0.717) is 17.8 Å². The van der Waals surface area contributed by atoms with Gasteiger partial charge in [-0.25, -0.2) is 0 Å². The Morgan fingerprint density at radius 2 is 1.88 bits per heavy atom. The van der Waals surface area contributed by atoms with Gasteiger partial charge in [0.05, 0.1) is 11.1 Å². The van der Waals surface area contributed by atoms with E-state index in [-0.39, 0.29) is 12.6 Å². The summed E-state index contributed by atoms with van der Waals surface area (Å²) in [5.41, 5.74) is 1.86. The fourth-order valence-electron chi connectivity index (χ4n) is 3.19. The molecule has 3 nitrogen and oxygen atoms in total. The van der Waals surface area contributed by atoms with Crippen LogP contribution in [0.4, 0.5) is 0 Å². The summed E-state index contributed by atoms with van der Waals surface area (Å²) < 4.78 is 4.88. The van der Waals surface area contributed by atoms with E-state index in [9.17, 15) is 4.79 Å². The van der Waals surface area contributed by atoms with Crippen LogP contribution in [-0.2, 0) is 9.53 Å². The maximum atomic E-state index is 13.3. The third-order valence-electron chi connectivity index (χ3n) is 4.81. The summed E-state index contributed by atoms with van der Waals surface area (Å²) in [6.45, 7) is 6.02. The van der Waals surface area contributed by atoms with Crippen LogP contribution in [0, 0.1) is 0 Å². The van der Waals surface area contributed by atoms with Crippen LogP contribution in [0.2, 0.25) is 0 Å². The van der Waals surface area contributed by atoms with Crippen LogP contribution in [0.25, 0.3) is 5.57 Å². The number of halogens is 2. The van der Waals surface area contributed by atoms with Crippen LogP contribution in [0.5, 0.6) is 0 Å². The molecule has 5 heteroatoms. The summed E-state index contributed by atoms with van der Waals surface area (Å²) in [6.07, 6.45) is 6.04. The van der Waals surface area contributed by atoms with E-state index in [1.165, 1.54) is 0 Å². The number of amides is 1. The highest BCUT2D eigenvalue weighted by Crippen LogP contribution is 2.41. The van der Waals surface area contributed by atoms with Crippen molar-refractivity contribution in [3.63, 3.8) is 0 Å². The van der Waals surface area contributed by atoms with E-state index in [2.05, 4.69) is 0 Å². The smallest absolute Gasteiger partial charge is 0.261 e. The molecule has 0 saturated heterocycles. The second-order valence-electron chi connectivity index (χ2n) is 6.85. The highest BCUT2D eigenvalue weighted by atomic mass is 35.5. The molecule has 0 radical (unpaired) electrons. The summed E-state index contributed by atoms with van der Waals surface area (Å²) in [7, 11) is 0. The lowest BCUT2D eigenvalue weighted by Crippen LogP contribution is -2.52. The van der Waals surface area contributed by atoms with Gasteiger partial charge in [-0.1, -0.05) is 65.7 Å². The van der Waals surface area contributed by atoms with Crippen molar-refractivity contribution in [2.24, 2.45) is 0 Å². The molecule has 0 N–H and O–H groups in total. The molecule has 3 rings (SSSR count). The van der Waals surface area contributed by atoms with E-state index < -0.39 is 9.87 Å². The highest BCUT2D eigenvalue weighted by Gasteiger charge is 2.41. The van der Waals surface area contributed by atoms with Gasteiger partial charge < -0.3 is 4.74 Å². The molecule has 0 atom stereocenters. The number of hydrogen-bond acceptors (Lipinski definition) is 2. The summed E-state index contributed by atoms with van der Waals surface area (Å²) in [6, 6.07) is 9.59. The van der Waals surface area contributed by atoms with E-state index in [4.69, 9.17) is 27.9 Å². The number of allylic oxidation sites excluding steroid dienone is 4. The standard InChI is InChI=1S/C20H21Cl2NO2/c1-14-17(15-8-5-4-6-9-15)18(24)23(13-25-14)19(2,3)16-10-7-11-20(21,22)12-16/h4-11H,12-13H2,1-3H3. The average Bonchev–Trinajstić information content (AvgIpc) is 2.54. The Morgan fingerprint density at radius 3 is 2.52 bits per heavy atom. The molecule has 0 aromatic heterocycles. The fourth-order valence-corrected chi connectivity index (χ4v) is 3.63. The van der Waals surface area contributed by atoms with Crippen LogP contribution in [0.15, 0.2) is 59.9 Å². The molecule has 0 spiro atoms. The van der Waals surface area contributed by atoms with Gasteiger partial charge in [0.15, 0.2) is 6.73 Å². The van der Waals surface area contributed by atoms with Crippen molar-refractivity contribution in [3.05, 3.63) is 65.5 Å². The van der Waals surface area contributed by atoms with Crippen molar-refractivity contribution in [2.45, 2.75) is 37.1 Å². The third-order valence-corrected chi connectivity index (χ3v) is 5.33. The molecule has 0 saturated carbocycles. The number of benzene rings is 1. The lowest BCUT2D eigenvalue weighted by atomic mass is 9.85. The van der Waals surface area contributed by atoms with Gasteiger partial charge in [-0.05, 0) is 38.0 Å². The topological polar surface area (TPSA) is 29.5 Å². The molecular formula is C20H21Cl2NO2. The zero-order valence-corrected chi connectivity index (χ0v) is 16.1. The molecule has 2 aliphatic rings. The van der Waals surface area contributed by atoms with Crippen LogP contribution in [0.3, 0.4) is 0 Å². The molecule has 1 aromatic carbocycles. The van der Waals surface area contributed by atoms with Gasteiger partial charge in [-0.3, -0.25) is 9.69 Å². The Labute approximate surface area is 158 Å². The van der Waals surface area contributed by atoms with E-state index in [1.54, 1.807) is 11.0 Å². The maximum Gasteiger partial charge on any atom is 0.261 e. The summed E-state index contributed by atoms with van der Waals surface area (Å²) in [4.78, 5) is 15.0. The number of nitrogens with zero attached hydrogens (tertiary/aromatic N) is 1. The third kappa shape index (κ3) is 3.49. The summed E-state index contributed by atoms with van der Waals surface area (Å²) >= 11 is 12.6. The molecule has 25 heavy (non-hydrogen) atoms. The van der Waals surface area contributed by atoms with Crippen molar-refractivity contribution in [2.75, 3.05) is 6.73 Å². The molecule has 1 heterocycles. The van der Waals surface area contributed by atoms with Crippen molar-refractivity contribution in [1.82, 2.24) is 4.90 Å². The first kappa shape index (κ1) is 18.1. The molecule has 132 valence electrons. The molecule has 0 bridgehead atoms. The van der Waals surface area contributed by atoms with Crippen molar-refractivity contribution in [3.8, 4) is 0 Å². The van der Waals surface area contributed by atoms with Gasteiger partial charge in [-0.15, -0.1) is 0 Å². The lowest BCUT2D eigenvalue weighted by Gasteiger charge is -2.44. The number of hydrogen-bond donors (Lipinski definition) is 0. The zero-order chi connectivity index (χ0) is 18.2. The van der Waals surface area contributed by atoms with Gasteiger partial charge in [0.25, 0.3) is 5.91 Å². The highest BCUT2D eigenvalue weighted by molar-refractivity contribution is 6.50. The zero-order valence-electron chi connectivity index (χ0n) is 14.6. The van der Waals surface area contributed by atoms with Gasteiger partial charge in [0.1, 0.15) is 10.1 Å². The summed E-state index contributed by atoms with van der Waals surface area (Å²) in [5.74, 6) is 0.593.